The van der Waals surface area contributed by atoms with Gasteiger partial charge in [-0.1, -0.05) is 53.5 Å². The molecule has 0 aliphatic carbocycles. The Kier molecular flexibility index (Phi) is 5.68. The van der Waals surface area contributed by atoms with Gasteiger partial charge in [0.1, 0.15) is 5.01 Å². The van der Waals surface area contributed by atoms with E-state index in [1.807, 2.05) is 48.7 Å². The van der Waals surface area contributed by atoms with E-state index in [1.165, 1.54) is 5.56 Å². The average molecular weight is 363 g/mol. The molecule has 3 aromatic rings. The first kappa shape index (κ1) is 16.5. The van der Waals surface area contributed by atoms with E-state index in [2.05, 4.69) is 16.4 Å². The highest BCUT2D eigenvalue weighted by atomic mass is 35.5. The van der Waals surface area contributed by atoms with Crippen LogP contribution < -0.4 is 5.32 Å². The molecule has 0 fully saturated rings. The van der Waals surface area contributed by atoms with E-state index in [0.29, 0.717) is 0 Å². The Bertz CT molecular complexity index is 786. The number of thiazole rings is 1. The Morgan fingerprint density at radius 2 is 1.91 bits per heavy atom. The maximum absolute atomic E-state index is 6.23. The molecule has 0 saturated carbocycles. The van der Waals surface area contributed by atoms with Crippen molar-refractivity contribution in [1.82, 2.24) is 10.3 Å². The summed E-state index contributed by atoms with van der Waals surface area (Å²) in [7, 11) is 0. The monoisotopic (exact) mass is 362 g/mol. The summed E-state index contributed by atoms with van der Waals surface area (Å²) in [4.78, 5) is 5.57. The molecule has 2 aromatic carbocycles. The molecular formula is C18H16Cl2N2S. The predicted octanol–water partition coefficient (Wildman–Crippen LogP) is 5.45. The summed E-state index contributed by atoms with van der Waals surface area (Å²) in [6, 6.07) is 15.8. The molecule has 3 rings (SSSR count). The third-order valence-electron chi connectivity index (χ3n) is 3.45. The highest BCUT2D eigenvalue weighted by molar-refractivity contribution is 7.15. The van der Waals surface area contributed by atoms with Crippen LogP contribution >= 0.6 is 34.5 Å². The molecule has 0 radical (unpaired) electrons. The van der Waals surface area contributed by atoms with E-state index >= 15 is 0 Å². The summed E-state index contributed by atoms with van der Waals surface area (Å²) in [5.41, 5.74) is 2.28. The second-order valence-corrected chi connectivity index (χ2v) is 7.11. The van der Waals surface area contributed by atoms with Gasteiger partial charge in [-0.05, 0) is 36.7 Å². The number of nitrogens with zero attached hydrogens (tertiary/aromatic N) is 1. The van der Waals surface area contributed by atoms with E-state index in [0.717, 1.165) is 45.0 Å². The van der Waals surface area contributed by atoms with Crippen LogP contribution in [0.2, 0.25) is 10.0 Å². The summed E-state index contributed by atoms with van der Waals surface area (Å²) in [5.74, 6) is 0. The quantitative estimate of drug-likeness (QED) is 0.589. The van der Waals surface area contributed by atoms with E-state index < -0.39 is 0 Å². The highest BCUT2D eigenvalue weighted by Gasteiger charge is 2.07. The first-order chi connectivity index (χ1) is 11.2. The van der Waals surface area contributed by atoms with Crippen molar-refractivity contribution >= 4 is 34.5 Å². The maximum atomic E-state index is 6.23. The van der Waals surface area contributed by atoms with E-state index in [1.54, 1.807) is 11.3 Å². The summed E-state index contributed by atoms with van der Waals surface area (Å²) in [6.07, 6.45) is 2.84. The Labute approximate surface area is 150 Å². The van der Waals surface area contributed by atoms with Crippen molar-refractivity contribution < 1.29 is 0 Å². The number of benzene rings is 2. The van der Waals surface area contributed by atoms with Gasteiger partial charge in [0.05, 0.1) is 4.88 Å². The van der Waals surface area contributed by atoms with Crippen LogP contribution in [0, 0.1) is 0 Å². The van der Waals surface area contributed by atoms with Gasteiger partial charge in [-0.2, -0.15) is 0 Å². The smallest absolute Gasteiger partial charge is 0.107 e. The van der Waals surface area contributed by atoms with Gasteiger partial charge in [0.25, 0.3) is 0 Å². The lowest BCUT2D eigenvalue weighted by Crippen LogP contribution is -2.16. The van der Waals surface area contributed by atoms with Gasteiger partial charge >= 0.3 is 0 Å². The van der Waals surface area contributed by atoms with Crippen molar-refractivity contribution in [3.05, 3.63) is 75.3 Å². The fourth-order valence-electron chi connectivity index (χ4n) is 2.30. The summed E-state index contributed by atoms with van der Waals surface area (Å²) < 4.78 is 0. The number of rotatable bonds is 6. The Balaban J connectivity index is 1.53. The molecule has 0 amide bonds. The number of nitrogens with one attached hydrogen (secondary N) is 1. The third-order valence-corrected chi connectivity index (χ3v) is 5.04. The lowest BCUT2D eigenvalue weighted by molar-refractivity contribution is 0.684. The van der Waals surface area contributed by atoms with Crippen LogP contribution in [-0.4, -0.2) is 11.5 Å². The number of halogens is 2. The minimum atomic E-state index is 0.760. The molecule has 0 unspecified atom stereocenters. The second kappa shape index (κ2) is 7.93. The molecule has 0 atom stereocenters. The summed E-state index contributed by atoms with van der Waals surface area (Å²) in [6.45, 7) is 1.65. The lowest BCUT2D eigenvalue weighted by atomic mass is 10.1. The Morgan fingerprint density at radius 3 is 2.74 bits per heavy atom. The van der Waals surface area contributed by atoms with Crippen molar-refractivity contribution in [3.8, 4) is 10.4 Å². The zero-order valence-corrected chi connectivity index (χ0v) is 14.8. The maximum Gasteiger partial charge on any atom is 0.107 e. The molecule has 1 N–H and O–H groups in total. The van der Waals surface area contributed by atoms with Crippen LogP contribution in [0.4, 0.5) is 0 Å². The normalized spacial score (nSPS) is 10.9. The van der Waals surface area contributed by atoms with Gasteiger partial charge in [-0.3, -0.25) is 0 Å². The SMILES string of the molecule is Clc1cccc(CCNCc2ncc(-c3ccccc3Cl)s2)c1. The minimum absolute atomic E-state index is 0.760. The first-order valence-corrected chi connectivity index (χ1v) is 8.94. The number of hydrogen-bond acceptors (Lipinski definition) is 3. The van der Waals surface area contributed by atoms with Gasteiger partial charge < -0.3 is 5.32 Å². The number of hydrogen-bond donors (Lipinski definition) is 1. The van der Waals surface area contributed by atoms with Crippen molar-refractivity contribution in [3.63, 3.8) is 0 Å². The van der Waals surface area contributed by atoms with E-state index in [4.69, 9.17) is 23.2 Å². The van der Waals surface area contributed by atoms with Crippen LogP contribution in [0.15, 0.2) is 54.7 Å². The van der Waals surface area contributed by atoms with Gasteiger partial charge in [0.2, 0.25) is 0 Å². The highest BCUT2D eigenvalue weighted by Crippen LogP contribution is 2.31. The van der Waals surface area contributed by atoms with Crippen molar-refractivity contribution in [2.45, 2.75) is 13.0 Å². The predicted molar refractivity (Wildman–Crippen MR) is 99.4 cm³/mol. The summed E-state index contributed by atoms with van der Waals surface area (Å²) >= 11 is 13.9. The third kappa shape index (κ3) is 4.55. The standard InChI is InChI=1S/C18H16Cl2N2S/c19-14-5-3-4-13(10-14)8-9-21-12-18-22-11-17(23-18)15-6-1-2-7-16(15)20/h1-7,10-11,21H,8-9,12H2. The average Bonchev–Trinajstić information content (AvgIpc) is 3.01. The molecule has 2 nitrogen and oxygen atoms in total. The summed E-state index contributed by atoms with van der Waals surface area (Å²) in [5, 5.41) is 6.03. The Hall–Kier alpha value is -1.39. The zero-order valence-electron chi connectivity index (χ0n) is 12.4. The van der Waals surface area contributed by atoms with Crippen LogP contribution in [0.5, 0.6) is 0 Å². The molecule has 0 spiro atoms. The molecule has 23 heavy (non-hydrogen) atoms. The molecule has 5 heteroatoms. The van der Waals surface area contributed by atoms with Crippen LogP contribution in [0.3, 0.4) is 0 Å². The minimum Gasteiger partial charge on any atom is -0.310 e. The van der Waals surface area contributed by atoms with Crippen molar-refractivity contribution in [2.24, 2.45) is 0 Å². The first-order valence-electron chi connectivity index (χ1n) is 7.37. The fraction of sp³-hybridized carbons (Fsp3) is 0.167. The van der Waals surface area contributed by atoms with Crippen LogP contribution in [-0.2, 0) is 13.0 Å². The van der Waals surface area contributed by atoms with E-state index in [9.17, 15) is 0 Å². The van der Waals surface area contributed by atoms with Crippen molar-refractivity contribution in [2.75, 3.05) is 6.54 Å². The molecule has 1 aromatic heterocycles. The molecule has 0 bridgehead atoms. The molecule has 0 aliphatic heterocycles. The fourth-order valence-corrected chi connectivity index (χ4v) is 3.73. The molecule has 0 aliphatic rings. The Morgan fingerprint density at radius 1 is 1.04 bits per heavy atom. The second-order valence-electron chi connectivity index (χ2n) is 5.15. The van der Waals surface area contributed by atoms with E-state index in [-0.39, 0.29) is 0 Å². The largest absolute Gasteiger partial charge is 0.310 e. The van der Waals surface area contributed by atoms with Gasteiger partial charge in [0.15, 0.2) is 0 Å². The lowest BCUT2D eigenvalue weighted by Gasteiger charge is -2.03. The zero-order chi connectivity index (χ0) is 16.1. The number of aromatic nitrogens is 1. The van der Waals surface area contributed by atoms with Gasteiger partial charge in [-0.15, -0.1) is 11.3 Å². The molecular weight excluding hydrogens is 347 g/mol. The molecule has 0 saturated heterocycles. The molecule has 1 heterocycles. The van der Waals surface area contributed by atoms with Crippen molar-refractivity contribution in [1.29, 1.82) is 0 Å². The van der Waals surface area contributed by atoms with Gasteiger partial charge in [0, 0.05) is 28.4 Å². The topological polar surface area (TPSA) is 24.9 Å². The molecule has 118 valence electrons. The van der Waals surface area contributed by atoms with Crippen LogP contribution in [0.25, 0.3) is 10.4 Å². The van der Waals surface area contributed by atoms with Crippen LogP contribution in [0.1, 0.15) is 10.6 Å². The van der Waals surface area contributed by atoms with Gasteiger partial charge in [-0.25, -0.2) is 4.98 Å².